The predicted octanol–water partition coefficient (Wildman–Crippen LogP) is 3.54. The number of nitrogens with one attached hydrogen (secondary N) is 2. The molecule has 1 spiro atoms. The van der Waals surface area contributed by atoms with E-state index in [0.29, 0.717) is 36.5 Å². The maximum atomic E-state index is 12.6. The van der Waals surface area contributed by atoms with Gasteiger partial charge in [-0.3, -0.25) is 4.79 Å². The van der Waals surface area contributed by atoms with E-state index in [1.807, 2.05) is 43.4 Å². The summed E-state index contributed by atoms with van der Waals surface area (Å²) in [4.78, 5) is 29.0. The zero-order chi connectivity index (χ0) is 19.0. The monoisotopic (exact) mass is 384 g/mol. The minimum Gasteiger partial charge on any atom is -0.351 e. The zero-order valence-corrected chi connectivity index (χ0v) is 15.8. The molecule has 2 N–H and O–H groups in total. The Morgan fingerprint density at radius 1 is 1.15 bits per heavy atom. The molecular weight excluding hydrogens is 364 g/mol. The number of likely N-dealkylation sites (tertiary alicyclic amines) is 1. The lowest BCUT2D eigenvalue weighted by molar-refractivity contribution is 0.0815. The van der Waals surface area contributed by atoms with Crippen LogP contribution in [0.25, 0.3) is 0 Å². The molecule has 1 fully saturated rings. The number of fused-ring (bicyclic) bond motifs is 1. The third-order valence-electron chi connectivity index (χ3n) is 5.46. The Bertz CT molecular complexity index is 879. The number of hydrogen-bond donors (Lipinski definition) is 2. The number of nitrogens with zero attached hydrogens (tertiary/aromatic N) is 2. The van der Waals surface area contributed by atoms with Crippen LogP contribution >= 0.6 is 11.6 Å². The fraction of sp³-hybridized carbons (Fsp3) is 0.300. The Labute approximate surface area is 163 Å². The summed E-state index contributed by atoms with van der Waals surface area (Å²) >= 11 is 6.14. The Morgan fingerprint density at radius 3 is 2.56 bits per heavy atom. The highest BCUT2D eigenvalue weighted by Gasteiger charge is 2.44. The molecule has 0 atom stereocenters. The third kappa shape index (κ3) is 3.21. The summed E-state index contributed by atoms with van der Waals surface area (Å²) in [7, 11) is 1.97. The first-order valence-electron chi connectivity index (χ1n) is 8.95. The molecule has 0 saturated carbocycles. The smallest absolute Gasteiger partial charge is 0.321 e. The number of anilines is 2. The van der Waals surface area contributed by atoms with Crippen molar-refractivity contribution in [1.29, 1.82) is 0 Å². The maximum Gasteiger partial charge on any atom is 0.321 e. The summed E-state index contributed by atoms with van der Waals surface area (Å²) in [5.74, 6) is -0.0954. The normalized spacial score (nSPS) is 18.1. The number of piperidine rings is 1. The lowest BCUT2D eigenvalue weighted by atomic mass is 9.90. The minimum atomic E-state index is -0.502. The topological polar surface area (TPSA) is 64.7 Å². The van der Waals surface area contributed by atoms with Gasteiger partial charge in [0.1, 0.15) is 5.66 Å². The van der Waals surface area contributed by atoms with Crippen molar-refractivity contribution in [2.45, 2.75) is 18.5 Å². The number of rotatable bonds is 1. The number of halogens is 1. The van der Waals surface area contributed by atoms with Crippen molar-refractivity contribution >= 4 is 34.9 Å². The summed E-state index contributed by atoms with van der Waals surface area (Å²) in [6.45, 7) is 1.11. The highest BCUT2D eigenvalue weighted by atomic mass is 35.5. The van der Waals surface area contributed by atoms with Gasteiger partial charge >= 0.3 is 6.03 Å². The van der Waals surface area contributed by atoms with Crippen LogP contribution in [0, 0.1) is 0 Å². The van der Waals surface area contributed by atoms with E-state index in [1.165, 1.54) is 0 Å². The van der Waals surface area contributed by atoms with Gasteiger partial charge in [0.15, 0.2) is 0 Å². The molecule has 4 rings (SSSR count). The standard InChI is InChI=1S/C20H21ClN4O2/c1-24-17-13-14(21)7-8-16(17)18(26)23-20(24)9-11-25(12-10-20)19(27)22-15-5-3-2-4-6-15/h2-8,13H,9-12H2,1H3,(H,22,27)(H,23,26). The molecule has 2 aliphatic rings. The summed E-state index contributed by atoms with van der Waals surface area (Å²) in [5.41, 5.74) is 1.72. The van der Waals surface area contributed by atoms with Crippen molar-refractivity contribution in [3.05, 3.63) is 59.1 Å². The molecule has 2 aromatic rings. The van der Waals surface area contributed by atoms with Gasteiger partial charge < -0.3 is 20.4 Å². The minimum absolute atomic E-state index is 0.0954. The largest absolute Gasteiger partial charge is 0.351 e. The van der Waals surface area contributed by atoms with E-state index in [-0.39, 0.29) is 11.9 Å². The summed E-state index contributed by atoms with van der Waals surface area (Å²) in [6, 6.07) is 14.6. The van der Waals surface area contributed by atoms with E-state index in [1.54, 1.807) is 17.0 Å². The van der Waals surface area contributed by atoms with Crippen LogP contribution < -0.4 is 15.5 Å². The predicted molar refractivity (Wildman–Crippen MR) is 106 cm³/mol. The molecule has 0 aliphatic carbocycles. The van der Waals surface area contributed by atoms with Gasteiger partial charge in [0.05, 0.1) is 11.3 Å². The van der Waals surface area contributed by atoms with Crippen LogP contribution in [0.1, 0.15) is 23.2 Å². The van der Waals surface area contributed by atoms with Crippen LogP contribution in [0.4, 0.5) is 16.2 Å². The number of carbonyl (C=O) groups excluding carboxylic acids is 2. The first kappa shape index (κ1) is 17.7. The second kappa shape index (κ2) is 6.78. The quantitative estimate of drug-likeness (QED) is 0.790. The molecule has 2 heterocycles. The van der Waals surface area contributed by atoms with E-state index in [2.05, 4.69) is 15.5 Å². The van der Waals surface area contributed by atoms with E-state index in [9.17, 15) is 9.59 Å². The molecule has 140 valence electrons. The molecule has 0 aromatic heterocycles. The SMILES string of the molecule is CN1c2cc(Cl)ccc2C(=O)NC12CCN(C(=O)Nc1ccccc1)CC2. The van der Waals surface area contributed by atoms with Gasteiger partial charge in [0.25, 0.3) is 5.91 Å². The zero-order valence-electron chi connectivity index (χ0n) is 15.0. The molecule has 7 heteroatoms. The van der Waals surface area contributed by atoms with Gasteiger partial charge in [-0.25, -0.2) is 4.79 Å². The van der Waals surface area contributed by atoms with Crippen molar-refractivity contribution < 1.29 is 9.59 Å². The Balaban J connectivity index is 1.48. The van der Waals surface area contributed by atoms with Crippen LogP contribution in [0.3, 0.4) is 0 Å². The van der Waals surface area contributed by atoms with Crippen LogP contribution in [0.2, 0.25) is 5.02 Å². The number of para-hydroxylation sites is 1. The average molecular weight is 385 g/mol. The van der Waals surface area contributed by atoms with Crippen LogP contribution in [0.15, 0.2) is 48.5 Å². The van der Waals surface area contributed by atoms with Gasteiger partial charge in [-0.05, 0) is 30.3 Å². The van der Waals surface area contributed by atoms with Crippen molar-refractivity contribution in [2.24, 2.45) is 0 Å². The number of urea groups is 1. The van der Waals surface area contributed by atoms with E-state index in [4.69, 9.17) is 11.6 Å². The van der Waals surface area contributed by atoms with Gasteiger partial charge in [0, 0.05) is 43.7 Å². The third-order valence-corrected chi connectivity index (χ3v) is 5.69. The highest BCUT2D eigenvalue weighted by Crippen LogP contribution is 2.37. The molecular formula is C20H21ClN4O2. The molecule has 3 amide bonds. The molecule has 0 unspecified atom stereocenters. The molecule has 1 saturated heterocycles. The number of hydrogen-bond acceptors (Lipinski definition) is 3. The molecule has 0 radical (unpaired) electrons. The lowest BCUT2D eigenvalue weighted by Crippen LogP contribution is -2.67. The van der Waals surface area contributed by atoms with Crippen LogP contribution in [-0.4, -0.2) is 42.6 Å². The molecule has 27 heavy (non-hydrogen) atoms. The Kier molecular flexibility index (Phi) is 4.44. The fourth-order valence-electron chi connectivity index (χ4n) is 3.83. The molecule has 0 bridgehead atoms. The number of carbonyl (C=O) groups is 2. The lowest BCUT2D eigenvalue weighted by Gasteiger charge is -2.51. The Morgan fingerprint density at radius 2 is 1.85 bits per heavy atom. The van der Waals surface area contributed by atoms with E-state index >= 15 is 0 Å². The summed E-state index contributed by atoms with van der Waals surface area (Å²) < 4.78 is 0. The number of amides is 3. The van der Waals surface area contributed by atoms with Crippen molar-refractivity contribution in [2.75, 3.05) is 30.4 Å². The average Bonchev–Trinajstić information content (AvgIpc) is 2.67. The first-order valence-corrected chi connectivity index (χ1v) is 9.33. The fourth-order valence-corrected chi connectivity index (χ4v) is 4.00. The van der Waals surface area contributed by atoms with Gasteiger partial charge in [0.2, 0.25) is 0 Å². The van der Waals surface area contributed by atoms with E-state index in [0.717, 1.165) is 11.4 Å². The van der Waals surface area contributed by atoms with Crippen LogP contribution in [0.5, 0.6) is 0 Å². The second-order valence-electron chi connectivity index (χ2n) is 6.99. The molecule has 2 aromatic carbocycles. The summed E-state index contributed by atoms with van der Waals surface area (Å²) in [6.07, 6.45) is 1.28. The highest BCUT2D eigenvalue weighted by molar-refractivity contribution is 6.31. The summed E-state index contributed by atoms with van der Waals surface area (Å²) in [5, 5.41) is 6.67. The second-order valence-corrected chi connectivity index (χ2v) is 7.43. The van der Waals surface area contributed by atoms with Crippen molar-refractivity contribution in [1.82, 2.24) is 10.2 Å². The van der Waals surface area contributed by atoms with Crippen LogP contribution in [-0.2, 0) is 0 Å². The Hall–Kier alpha value is -2.73. The van der Waals surface area contributed by atoms with Gasteiger partial charge in [-0.2, -0.15) is 0 Å². The molecule has 6 nitrogen and oxygen atoms in total. The number of benzene rings is 2. The maximum absolute atomic E-state index is 12.6. The van der Waals surface area contributed by atoms with Crippen molar-refractivity contribution in [3.63, 3.8) is 0 Å². The van der Waals surface area contributed by atoms with Gasteiger partial charge in [-0.1, -0.05) is 29.8 Å². The van der Waals surface area contributed by atoms with Crippen molar-refractivity contribution in [3.8, 4) is 0 Å². The molecule has 2 aliphatic heterocycles. The first-order chi connectivity index (χ1) is 13.0. The van der Waals surface area contributed by atoms with Gasteiger partial charge in [-0.15, -0.1) is 0 Å². The van der Waals surface area contributed by atoms with E-state index < -0.39 is 5.66 Å².